The summed E-state index contributed by atoms with van der Waals surface area (Å²) in [7, 11) is 0.0970. The molecule has 2 aromatic heterocycles. The lowest BCUT2D eigenvalue weighted by Crippen LogP contribution is -2.49. The lowest BCUT2D eigenvalue weighted by Gasteiger charge is -2.22. The van der Waals surface area contributed by atoms with Crippen molar-refractivity contribution in [2.45, 2.75) is 24.9 Å². The summed E-state index contributed by atoms with van der Waals surface area (Å²) in [5.74, 6) is -0.336. The van der Waals surface area contributed by atoms with Crippen molar-refractivity contribution >= 4 is 51.3 Å². The summed E-state index contributed by atoms with van der Waals surface area (Å²) in [4.78, 5) is 31.5. The van der Waals surface area contributed by atoms with Crippen molar-refractivity contribution in [2.75, 3.05) is 18.1 Å². The molecule has 1 unspecified atom stereocenters. The maximum Gasteiger partial charge on any atom is 0.407 e. The maximum absolute atomic E-state index is 13.5. The van der Waals surface area contributed by atoms with Gasteiger partial charge in [-0.3, -0.25) is 4.79 Å². The number of carbonyl (C=O) groups is 2. The zero-order valence-electron chi connectivity index (χ0n) is 20.9. The molecule has 38 heavy (non-hydrogen) atoms. The number of nitrogens with one attached hydrogen (secondary N) is 3. The van der Waals surface area contributed by atoms with E-state index in [0.717, 1.165) is 32.4 Å². The zero-order chi connectivity index (χ0) is 26.9. The van der Waals surface area contributed by atoms with E-state index >= 15 is 0 Å². The Morgan fingerprint density at radius 1 is 0.947 bits per heavy atom. The topological polar surface area (TPSA) is 109 Å². The predicted molar refractivity (Wildman–Crippen MR) is 154 cm³/mol. The van der Waals surface area contributed by atoms with E-state index in [0.29, 0.717) is 12.8 Å². The largest absolute Gasteiger partial charge is 0.453 e. The second-order valence-electron chi connectivity index (χ2n) is 8.44. The summed E-state index contributed by atoms with van der Waals surface area (Å²) in [6, 6.07) is 19.8. The van der Waals surface area contributed by atoms with Crippen LogP contribution >= 0.6 is 22.7 Å². The smallest absolute Gasteiger partial charge is 0.407 e. The molecule has 2 amide bonds. The number of amides is 2. The first-order valence-electron chi connectivity index (χ1n) is 11.8. The van der Waals surface area contributed by atoms with Gasteiger partial charge in [0.15, 0.2) is 0 Å². The molecule has 0 spiro atoms. The molecule has 3 atom stereocenters. The molecule has 198 valence electrons. The molecular formula is C27H28N4O4S3. The van der Waals surface area contributed by atoms with Gasteiger partial charge in [-0.05, 0) is 41.1 Å². The number of alkyl carbamates (subject to hydrolysis) is 1. The number of thiazole rings is 1. The normalized spacial score (nSPS) is 13.2. The second-order valence-corrected chi connectivity index (χ2v) is 11.4. The van der Waals surface area contributed by atoms with Gasteiger partial charge in [0.05, 0.1) is 23.7 Å². The summed E-state index contributed by atoms with van der Waals surface area (Å²) in [6.45, 7) is 0. The Labute approximate surface area is 232 Å². The van der Waals surface area contributed by atoms with Crippen molar-refractivity contribution in [3.8, 4) is 10.6 Å². The number of methoxy groups -OCH3 is 1. The number of thiophene rings is 1. The van der Waals surface area contributed by atoms with E-state index in [-0.39, 0.29) is 5.91 Å². The predicted octanol–water partition coefficient (Wildman–Crippen LogP) is 4.94. The molecule has 0 bridgehead atoms. The van der Waals surface area contributed by atoms with Crippen LogP contribution in [0.15, 0.2) is 77.5 Å². The van der Waals surface area contributed by atoms with Crippen molar-refractivity contribution < 1.29 is 18.5 Å². The first kappa shape index (κ1) is 27.5. The minimum Gasteiger partial charge on any atom is -0.453 e. The van der Waals surface area contributed by atoms with Crippen molar-refractivity contribution in [3.63, 3.8) is 0 Å². The summed E-state index contributed by atoms with van der Waals surface area (Å²) in [6.07, 6.45) is 1.68. The molecule has 0 aliphatic heterocycles. The highest BCUT2D eigenvalue weighted by molar-refractivity contribution is 7.85. The fraction of sp³-hybridized carbons (Fsp3) is 0.222. The average molecular weight is 569 g/mol. The van der Waals surface area contributed by atoms with Crippen LogP contribution in [0.5, 0.6) is 0 Å². The summed E-state index contributed by atoms with van der Waals surface area (Å²) in [5, 5.41) is 10.5. The van der Waals surface area contributed by atoms with E-state index in [1.54, 1.807) is 17.6 Å². The Morgan fingerprint density at radius 2 is 1.68 bits per heavy atom. The maximum atomic E-state index is 13.5. The fourth-order valence-electron chi connectivity index (χ4n) is 3.83. The molecule has 11 heteroatoms. The first-order valence-corrected chi connectivity index (χ1v) is 15.1. The Hall–Kier alpha value is -3.54. The van der Waals surface area contributed by atoms with Gasteiger partial charge in [-0.15, -0.1) is 22.7 Å². The van der Waals surface area contributed by atoms with Gasteiger partial charge in [-0.25, -0.2) is 14.0 Å². The van der Waals surface area contributed by atoms with Gasteiger partial charge >= 0.3 is 6.09 Å². The van der Waals surface area contributed by atoms with Crippen LogP contribution in [0.2, 0.25) is 0 Å². The monoisotopic (exact) mass is 568 g/mol. The molecule has 2 aromatic carbocycles. The van der Waals surface area contributed by atoms with Crippen molar-refractivity contribution in [1.82, 2.24) is 15.6 Å². The quantitative estimate of drug-likeness (QED) is 0.237. The van der Waals surface area contributed by atoms with Gasteiger partial charge in [0.2, 0.25) is 5.91 Å². The number of ether oxygens (including phenoxy) is 1. The SMILES string of the molecule is COC(=O)N[C@@H](Cc1ccccc1)C(=O)N[C@@H](Cc1ccc(NS(C)=O)cc1)c1nc(-c2cccs2)cs1. The molecular weight excluding hydrogens is 541 g/mol. The Kier molecular flexibility index (Phi) is 9.63. The van der Waals surface area contributed by atoms with E-state index in [2.05, 4.69) is 15.4 Å². The number of anilines is 1. The van der Waals surface area contributed by atoms with Crippen LogP contribution in [0.3, 0.4) is 0 Å². The summed E-state index contributed by atoms with van der Waals surface area (Å²) >= 11 is 3.08. The molecule has 4 aromatic rings. The molecule has 0 fully saturated rings. The fourth-order valence-corrected chi connectivity index (χ4v) is 5.93. The van der Waals surface area contributed by atoms with Crippen LogP contribution < -0.4 is 15.4 Å². The van der Waals surface area contributed by atoms with Crippen LogP contribution in [0.25, 0.3) is 10.6 Å². The minimum atomic E-state index is -1.17. The number of nitrogens with zero attached hydrogens (tertiary/aromatic N) is 1. The van der Waals surface area contributed by atoms with Gasteiger partial charge in [-0.1, -0.05) is 48.5 Å². The summed E-state index contributed by atoms with van der Waals surface area (Å²) < 4.78 is 19.1. The minimum absolute atomic E-state index is 0.307. The third-order valence-corrected chi connectivity index (χ3v) is 8.02. The standard InChI is InChI=1S/C27H28N4O4S3/c1-35-27(33)30-21(15-18-7-4-3-5-8-18)25(32)28-22(16-19-10-12-20(13-11-19)31-38(2)34)26-29-23(17-37-26)24-9-6-14-36-24/h3-14,17,21-22,31H,15-16H2,1-2H3,(H,28,32)(H,30,33)/t21-,22-,38?/m0/s1. The number of hydrogen-bond acceptors (Lipinski definition) is 7. The zero-order valence-corrected chi connectivity index (χ0v) is 23.3. The molecule has 3 N–H and O–H groups in total. The molecule has 0 saturated heterocycles. The lowest BCUT2D eigenvalue weighted by molar-refractivity contribution is -0.123. The third-order valence-electron chi connectivity index (χ3n) is 5.64. The van der Waals surface area contributed by atoms with E-state index in [4.69, 9.17) is 9.72 Å². The molecule has 2 heterocycles. The molecule has 4 rings (SSSR count). The highest BCUT2D eigenvalue weighted by Gasteiger charge is 2.26. The van der Waals surface area contributed by atoms with Crippen LogP contribution in [0.1, 0.15) is 22.2 Å². The van der Waals surface area contributed by atoms with E-state index < -0.39 is 29.2 Å². The Bertz CT molecular complexity index is 1360. The van der Waals surface area contributed by atoms with Gasteiger partial charge in [0.25, 0.3) is 0 Å². The van der Waals surface area contributed by atoms with Crippen LogP contribution in [0.4, 0.5) is 10.5 Å². The summed E-state index contributed by atoms with van der Waals surface area (Å²) in [5.41, 5.74) is 3.48. The number of rotatable bonds is 11. The Morgan fingerprint density at radius 3 is 2.34 bits per heavy atom. The average Bonchev–Trinajstić information content (AvgIpc) is 3.62. The van der Waals surface area contributed by atoms with E-state index in [1.807, 2.05) is 77.5 Å². The van der Waals surface area contributed by atoms with Crippen molar-refractivity contribution in [3.05, 3.63) is 93.6 Å². The molecule has 0 aliphatic carbocycles. The van der Waals surface area contributed by atoms with Crippen LogP contribution in [0, 0.1) is 0 Å². The highest BCUT2D eigenvalue weighted by atomic mass is 32.2. The van der Waals surface area contributed by atoms with Gasteiger partial charge < -0.3 is 20.1 Å². The van der Waals surface area contributed by atoms with Crippen LogP contribution in [-0.4, -0.2) is 40.6 Å². The first-order chi connectivity index (χ1) is 18.4. The highest BCUT2D eigenvalue weighted by Crippen LogP contribution is 2.30. The van der Waals surface area contributed by atoms with Crippen molar-refractivity contribution in [1.29, 1.82) is 0 Å². The second kappa shape index (κ2) is 13.3. The molecule has 0 aliphatic rings. The van der Waals surface area contributed by atoms with Gasteiger partial charge in [0.1, 0.15) is 22.0 Å². The molecule has 8 nitrogen and oxygen atoms in total. The molecule has 0 saturated carbocycles. The van der Waals surface area contributed by atoms with Crippen molar-refractivity contribution in [2.24, 2.45) is 0 Å². The van der Waals surface area contributed by atoms with E-state index in [1.165, 1.54) is 18.4 Å². The van der Waals surface area contributed by atoms with Crippen LogP contribution in [-0.2, 0) is 33.4 Å². The number of benzene rings is 2. The number of aromatic nitrogens is 1. The third kappa shape index (κ3) is 7.73. The number of hydrogen-bond donors (Lipinski definition) is 3. The van der Waals surface area contributed by atoms with Gasteiger partial charge in [-0.2, -0.15) is 0 Å². The molecule has 0 radical (unpaired) electrons. The lowest BCUT2D eigenvalue weighted by atomic mass is 10.0. The Balaban J connectivity index is 1.58. The number of carbonyl (C=O) groups excluding carboxylic acids is 2. The van der Waals surface area contributed by atoms with E-state index in [9.17, 15) is 13.8 Å². The van der Waals surface area contributed by atoms with Gasteiger partial charge in [0, 0.05) is 23.7 Å².